The van der Waals surface area contributed by atoms with E-state index in [9.17, 15) is 0 Å². The van der Waals surface area contributed by atoms with Gasteiger partial charge in [0.2, 0.25) is 0 Å². The van der Waals surface area contributed by atoms with Gasteiger partial charge in [-0.2, -0.15) is 0 Å². The molecule has 0 fully saturated rings. The second kappa shape index (κ2) is 7.16. The van der Waals surface area contributed by atoms with E-state index < -0.39 is 0 Å². The molecule has 0 aliphatic carbocycles. The summed E-state index contributed by atoms with van der Waals surface area (Å²) in [5.74, 6) is 3.46. The van der Waals surface area contributed by atoms with Crippen molar-refractivity contribution in [1.82, 2.24) is 5.32 Å². The number of terminal acetylenes is 1. The summed E-state index contributed by atoms with van der Waals surface area (Å²) in [4.78, 5) is 0. The lowest BCUT2D eigenvalue weighted by Gasteiger charge is -2.11. The molecule has 16 heavy (non-hydrogen) atoms. The van der Waals surface area contributed by atoms with E-state index in [0.29, 0.717) is 6.61 Å². The second-order valence-corrected chi connectivity index (χ2v) is 3.87. The molecule has 0 aromatic heterocycles. The van der Waals surface area contributed by atoms with Gasteiger partial charge in [-0.25, -0.2) is 0 Å². The van der Waals surface area contributed by atoms with Crippen molar-refractivity contribution >= 4 is 11.6 Å². The predicted molar refractivity (Wildman–Crippen MR) is 67.8 cm³/mol. The largest absolute Gasteiger partial charge is 0.493 e. The topological polar surface area (TPSA) is 21.3 Å². The SMILES string of the molecule is C#CCCCOc1ccc(Cl)cc1CNC. The first-order valence-corrected chi connectivity index (χ1v) is 5.65. The Morgan fingerprint density at radius 3 is 3.00 bits per heavy atom. The maximum atomic E-state index is 5.93. The molecule has 0 spiro atoms. The van der Waals surface area contributed by atoms with E-state index in [1.807, 2.05) is 25.2 Å². The Balaban J connectivity index is 2.60. The fourth-order valence-electron chi connectivity index (χ4n) is 1.37. The number of halogens is 1. The highest BCUT2D eigenvalue weighted by Crippen LogP contribution is 2.23. The Labute approximate surface area is 102 Å². The highest BCUT2D eigenvalue weighted by Gasteiger charge is 2.03. The average Bonchev–Trinajstić information content (AvgIpc) is 2.27. The minimum absolute atomic E-state index is 0.641. The number of benzene rings is 1. The van der Waals surface area contributed by atoms with Gasteiger partial charge in [0.15, 0.2) is 0 Å². The van der Waals surface area contributed by atoms with Gasteiger partial charge in [-0.15, -0.1) is 12.3 Å². The monoisotopic (exact) mass is 237 g/mol. The summed E-state index contributed by atoms with van der Waals surface area (Å²) < 4.78 is 5.65. The molecule has 3 heteroatoms. The third-order valence-corrected chi connectivity index (χ3v) is 2.35. The number of nitrogens with one attached hydrogen (secondary N) is 1. The van der Waals surface area contributed by atoms with Crippen LogP contribution in [-0.2, 0) is 6.54 Å². The fourth-order valence-corrected chi connectivity index (χ4v) is 1.57. The van der Waals surface area contributed by atoms with Crippen molar-refractivity contribution in [3.05, 3.63) is 28.8 Å². The third kappa shape index (κ3) is 4.14. The minimum Gasteiger partial charge on any atom is -0.493 e. The zero-order valence-corrected chi connectivity index (χ0v) is 10.2. The lowest BCUT2D eigenvalue weighted by molar-refractivity contribution is 0.309. The molecule has 0 saturated heterocycles. The summed E-state index contributed by atoms with van der Waals surface area (Å²) in [6.45, 7) is 1.38. The average molecular weight is 238 g/mol. The molecule has 0 heterocycles. The molecule has 0 aliphatic rings. The summed E-state index contributed by atoms with van der Waals surface area (Å²) >= 11 is 5.93. The summed E-state index contributed by atoms with van der Waals surface area (Å²) in [7, 11) is 1.89. The van der Waals surface area contributed by atoms with Crippen molar-refractivity contribution < 1.29 is 4.74 Å². The Kier molecular flexibility index (Phi) is 5.77. The van der Waals surface area contributed by atoms with E-state index in [1.54, 1.807) is 0 Å². The van der Waals surface area contributed by atoms with Crippen LogP contribution in [0.5, 0.6) is 5.75 Å². The lowest BCUT2D eigenvalue weighted by atomic mass is 10.2. The molecule has 0 unspecified atom stereocenters. The van der Waals surface area contributed by atoms with Crippen LogP contribution < -0.4 is 10.1 Å². The quantitative estimate of drug-likeness (QED) is 0.607. The molecule has 0 bridgehead atoms. The second-order valence-electron chi connectivity index (χ2n) is 3.44. The molecule has 2 nitrogen and oxygen atoms in total. The number of hydrogen-bond acceptors (Lipinski definition) is 2. The van der Waals surface area contributed by atoms with E-state index >= 15 is 0 Å². The summed E-state index contributed by atoms with van der Waals surface area (Å²) in [6, 6.07) is 5.64. The molecular weight excluding hydrogens is 222 g/mol. The van der Waals surface area contributed by atoms with Crippen LogP contribution in [0.2, 0.25) is 5.02 Å². The van der Waals surface area contributed by atoms with Crippen molar-refractivity contribution in [1.29, 1.82) is 0 Å². The normalized spacial score (nSPS) is 9.81. The van der Waals surface area contributed by atoms with Gasteiger partial charge in [-0.05, 0) is 31.7 Å². The van der Waals surface area contributed by atoms with E-state index in [1.165, 1.54) is 0 Å². The van der Waals surface area contributed by atoms with Crippen LogP contribution >= 0.6 is 11.6 Å². The Morgan fingerprint density at radius 1 is 1.50 bits per heavy atom. The van der Waals surface area contributed by atoms with Crippen LogP contribution in [0.1, 0.15) is 18.4 Å². The smallest absolute Gasteiger partial charge is 0.123 e. The van der Waals surface area contributed by atoms with Gasteiger partial charge in [0.1, 0.15) is 5.75 Å². The van der Waals surface area contributed by atoms with Crippen LogP contribution in [0.25, 0.3) is 0 Å². The van der Waals surface area contributed by atoms with Crippen LogP contribution in [-0.4, -0.2) is 13.7 Å². The zero-order chi connectivity index (χ0) is 11.8. The molecule has 0 aliphatic heterocycles. The van der Waals surface area contributed by atoms with Crippen molar-refractivity contribution in [2.75, 3.05) is 13.7 Å². The Hall–Kier alpha value is -1.17. The molecule has 1 aromatic rings. The van der Waals surface area contributed by atoms with Crippen molar-refractivity contribution in [3.8, 4) is 18.1 Å². The molecule has 86 valence electrons. The maximum Gasteiger partial charge on any atom is 0.123 e. The van der Waals surface area contributed by atoms with E-state index in [-0.39, 0.29) is 0 Å². The van der Waals surface area contributed by atoms with E-state index in [0.717, 1.165) is 35.7 Å². The van der Waals surface area contributed by atoms with Gasteiger partial charge in [0, 0.05) is 23.6 Å². The highest BCUT2D eigenvalue weighted by molar-refractivity contribution is 6.30. The molecule has 1 N–H and O–H groups in total. The number of ether oxygens (including phenoxy) is 1. The van der Waals surface area contributed by atoms with Crippen molar-refractivity contribution in [2.45, 2.75) is 19.4 Å². The molecule has 0 atom stereocenters. The first-order chi connectivity index (χ1) is 7.77. The zero-order valence-electron chi connectivity index (χ0n) is 9.42. The van der Waals surface area contributed by atoms with Crippen molar-refractivity contribution in [3.63, 3.8) is 0 Å². The maximum absolute atomic E-state index is 5.93. The minimum atomic E-state index is 0.641. The number of unbranched alkanes of at least 4 members (excludes halogenated alkanes) is 1. The molecule has 0 radical (unpaired) electrons. The summed E-state index contributed by atoms with van der Waals surface area (Å²) in [5.41, 5.74) is 1.07. The van der Waals surface area contributed by atoms with E-state index in [2.05, 4.69) is 11.2 Å². The van der Waals surface area contributed by atoms with Gasteiger partial charge in [-0.1, -0.05) is 11.6 Å². The van der Waals surface area contributed by atoms with Gasteiger partial charge in [-0.3, -0.25) is 0 Å². The lowest BCUT2D eigenvalue weighted by Crippen LogP contribution is -2.08. The standard InChI is InChI=1S/C13H16ClNO/c1-3-4-5-8-16-13-7-6-12(14)9-11(13)10-15-2/h1,6-7,9,15H,4-5,8,10H2,2H3. The molecule has 0 saturated carbocycles. The molecule has 1 aromatic carbocycles. The summed E-state index contributed by atoms with van der Waals surface area (Å²) in [6.07, 6.45) is 6.79. The first kappa shape index (κ1) is 12.9. The predicted octanol–water partition coefficient (Wildman–Crippen LogP) is 2.85. The molecular formula is C13H16ClNO. The van der Waals surface area contributed by atoms with Crippen LogP contribution in [0, 0.1) is 12.3 Å². The Bertz CT molecular complexity index is 371. The summed E-state index contributed by atoms with van der Waals surface area (Å²) in [5, 5.41) is 3.81. The van der Waals surface area contributed by atoms with Gasteiger partial charge in [0.05, 0.1) is 6.61 Å². The van der Waals surface area contributed by atoms with Gasteiger partial charge < -0.3 is 10.1 Å². The highest BCUT2D eigenvalue weighted by atomic mass is 35.5. The van der Waals surface area contributed by atoms with E-state index in [4.69, 9.17) is 22.8 Å². The third-order valence-electron chi connectivity index (χ3n) is 2.11. The van der Waals surface area contributed by atoms with Crippen LogP contribution in [0.15, 0.2) is 18.2 Å². The van der Waals surface area contributed by atoms with Gasteiger partial charge in [0.25, 0.3) is 0 Å². The first-order valence-electron chi connectivity index (χ1n) is 5.27. The molecule has 1 rings (SSSR count). The fraction of sp³-hybridized carbons (Fsp3) is 0.385. The number of rotatable bonds is 6. The van der Waals surface area contributed by atoms with Crippen LogP contribution in [0.3, 0.4) is 0 Å². The molecule has 0 amide bonds. The van der Waals surface area contributed by atoms with Crippen LogP contribution in [0.4, 0.5) is 0 Å². The van der Waals surface area contributed by atoms with Gasteiger partial charge >= 0.3 is 0 Å². The number of hydrogen-bond donors (Lipinski definition) is 1. The Morgan fingerprint density at radius 2 is 2.31 bits per heavy atom. The van der Waals surface area contributed by atoms with Crippen molar-refractivity contribution in [2.24, 2.45) is 0 Å².